The molecule has 2 aromatic rings. The van der Waals surface area contributed by atoms with E-state index in [1.807, 2.05) is 34.9 Å². The molecule has 188 valence electrons. The average Bonchev–Trinajstić information content (AvgIpc) is 3.37. The van der Waals surface area contributed by atoms with Gasteiger partial charge in [0.2, 0.25) is 11.6 Å². The van der Waals surface area contributed by atoms with Gasteiger partial charge in [0.25, 0.3) is 5.56 Å². The molecule has 1 aliphatic carbocycles. The van der Waals surface area contributed by atoms with Crippen molar-refractivity contribution in [3.05, 3.63) is 86.4 Å². The Morgan fingerprint density at radius 3 is 2.75 bits per heavy atom. The zero-order chi connectivity index (χ0) is 25.4. The van der Waals surface area contributed by atoms with Gasteiger partial charge in [-0.15, -0.1) is 11.8 Å². The molecule has 2 aliphatic heterocycles. The number of aliphatic imine (C=N–C) groups is 1. The monoisotopic (exact) mass is 506 g/mol. The summed E-state index contributed by atoms with van der Waals surface area (Å²) >= 11 is 1.56. The highest BCUT2D eigenvalue weighted by atomic mass is 32.2. The van der Waals surface area contributed by atoms with Crippen LogP contribution in [0.5, 0.6) is 0 Å². The Hall–Kier alpha value is -3.20. The van der Waals surface area contributed by atoms with Crippen LogP contribution in [0.2, 0.25) is 0 Å². The summed E-state index contributed by atoms with van der Waals surface area (Å²) in [5, 5.41) is 13.8. The SMILES string of the molecule is CC(C)S/C(NCc1ccc(C2C=CC=CC(F)=N2)cc1)=c1\c(=O)n(C)c2n(c1=N)[C@H]1CCC[C@H]1N=2. The standard InChI is InChI=1S/C27H31FN6OS/c1-16(2)36-25(23-24(29)34-21-9-6-8-20(21)32-27(34)33(3)26(23)35)30-15-17-11-13-18(14-12-17)19-7-4-5-10-22(28)31-19/h4-5,7,10-14,16,19-21,29-30H,6,8-9,15H2,1-3H3/b25-23-,29-24?/t19?,20-,21+/m1/s1. The third kappa shape index (κ3) is 4.64. The van der Waals surface area contributed by atoms with Gasteiger partial charge in [-0.2, -0.15) is 4.39 Å². The first-order valence-corrected chi connectivity index (χ1v) is 13.3. The number of thioether (sulfide) groups is 1. The fraction of sp³-hybridized carbons (Fsp3) is 0.407. The lowest BCUT2D eigenvalue weighted by Crippen LogP contribution is -2.58. The van der Waals surface area contributed by atoms with Gasteiger partial charge in [-0.1, -0.05) is 56.3 Å². The van der Waals surface area contributed by atoms with Gasteiger partial charge < -0.3 is 5.32 Å². The van der Waals surface area contributed by atoms with Gasteiger partial charge in [-0.05, 0) is 36.5 Å². The van der Waals surface area contributed by atoms with Gasteiger partial charge in [0.05, 0.1) is 23.2 Å². The van der Waals surface area contributed by atoms with E-state index >= 15 is 0 Å². The zero-order valence-corrected chi connectivity index (χ0v) is 21.6. The van der Waals surface area contributed by atoms with Gasteiger partial charge in [-0.3, -0.25) is 19.3 Å². The van der Waals surface area contributed by atoms with Gasteiger partial charge >= 0.3 is 0 Å². The van der Waals surface area contributed by atoms with E-state index in [1.165, 1.54) is 6.08 Å². The molecule has 3 heterocycles. The van der Waals surface area contributed by atoms with Crippen molar-refractivity contribution >= 4 is 22.8 Å². The van der Waals surface area contributed by atoms with Crippen LogP contribution in [0.15, 0.2) is 63.3 Å². The van der Waals surface area contributed by atoms with E-state index in [1.54, 1.807) is 35.5 Å². The molecule has 36 heavy (non-hydrogen) atoms. The molecule has 3 aliphatic rings. The first-order chi connectivity index (χ1) is 17.3. The number of hydrogen-bond acceptors (Lipinski definition) is 6. The molecular formula is C27H31FN6OS. The zero-order valence-electron chi connectivity index (χ0n) is 20.7. The molecule has 7 nitrogen and oxygen atoms in total. The molecule has 0 saturated heterocycles. The summed E-state index contributed by atoms with van der Waals surface area (Å²) in [6.45, 7) is 4.65. The van der Waals surface area contributed by atoms with Crippen molar-refractivity contribution in [2.75, 3.05) is 0 Å². The van der Waals surface area contributed by atoms with Gasteiger partial charge in [0.15, 0.2) is 0 Å². The number of nitrogens with one attached hydrogen (secondary N) is 2. The fourth-order valence-electron chi connectivity index (χ4n) is 5.08. The Bertz CT molecular complexity index is 1500. The molecule has 1 saturated carbocycles. The molecule has 5 rings (SSSR count). The normalized spacial score (nSPS) is 23.1. The number of halogens is 1. The van der Waals surface area contributed by atoms with Crippen LogP contribution in [0, 0.1) is 5.41 Å². The molecule has 0 bridgehead atoms. The van der Waals surface area contributed by atoms with Crippen molar-refractivity contribution in [3.63, 3.8) is 0 Å². The Kier molecular flexibility index (Phi) is 6.83. The second-order valence-corrected chi connectivity index (χ2v) is 11.3. The van der Waals surface area contributed by atoms with Crippen molar-refractivity contribution in [2.24, 2.45) is 17.0 Å². The highest BCUT2D eigenvalue weighted by Gasteiger charge is 2.35. The number of nitrogens with zero attached hydrogens (tertiary/aromatic N) is 4. The Balaban J connectivity index is 1.48. The third-order valence-electron chi connectivity index (χ3n) is 6.82. The quantitative estimate of drug-likeness (QED) is 0.632. The summed E-state index contributed by atoms with van der Waals surface area (Å²) in [4.78, 5) is 22.3. The number of rotatable bonds is 6. The molecule has 9 heteroatoms. The maximum Gasteiger partial charge on any atom is 0.266 e. The van der Waals surface area contributed by atoms with Gasteiger partial charge in [-0.25, -0.2) is 9.98 Å². The molecule has 1 aromatic heterocycles. The smallest absolute Gasteiger partial charge is 0.266 e. The summed E-state index contributed by atoms with van der Waals surface area (Å²) in [6.07, 6.45) is 9.74. The molecule has 1 aromatic carbocycles. The second kappa shape index (κ2) is 10.0. The minimum Gasteiger partial charge on any atom is -0.375 e. The van der Waals surface area contributed by atoms with Crippen LogP contribution in [0.25, 0.3) is 5.03 Å². The lowest BCUT2D eigenvalue weighted by molar-refractivity contribution is 0.465. The lowest BCUT2D eigenvalue weighted by Gasteiger charge is -2.17. The Morgan fingerprint density at radius 1 is 1.22 bits per heavy atom. The maximum absolute atomic E-state index is 13.7. The minimum atomic E-state index is -0.489. The van der Waals surface area contributed by atoms with Gasteiger partial charge in [0.1, 0.15) is 10.7 Å². The van der Waals surface area contributed by atoms with E-state index in [2.05, 4.69) is 24.2 Å². The van der Waals surface area contributed by atoms with E-state index in [0.29, 0.717) is 22.4 Å². The number of benzene rings is 1. The predicted molar refractivity (Wildman–Crippen MR) is 142 cm³/mol. The van der Waals surface area contributed by atoms with E-state index in [9.17, 15) is 9.18 Å². The Morgan fingerprint density at radius 2 is 2.00 bits per heavy atom. The molecule has 3 atom stereocenters. The average molecular weight is 507 g/mol. The molecule has 2 N–H and O–H groups in total. The van der Waals surface area contributed by atoms with E-state index in [-0.39, 0.29) is 34.4 Å². The highest BCUT2D eigenvalue weighted by molar-refractivity contribution is 8.08. The molecular weight excluding hydrogens is 475 g/mol. The topological polar surface area (TPSA) is 87.5 Å². The molecule has 0 amide bonds. The van der Waals surface area contributed by atoms with E-state index in [0.717, 1.165) is 30.4 Å². The summed E-state index contributed by atoms with van der Waals surface area (Å²) in [7, 11) is 1.75. The van der Waals surface area contributed by atoms with Crippen LogP contribution < -0.4 is 27.2 Å². The number of hydrogen-bond donors (Lipinski definition) is 2. The predicted octanol–water partition coefficient (Wildman–Crippen LogP) is 2.93. The van der Waals surface area contributed by atoms with Crippen LogP contribution in [0.3, 0.4) is 0 Å². The lowest BCUT2D eigenvalue weighted by atomic mass is 10.0. The first-order valence-electron chi connectivity index (χ1n) is 12.4. The van der Waals surface area contributed by atoms with Crippen molar-refractivity contribution in [2.45, 2.75) is 63.0 Å². The van der Waals surface area contributed by atoms with Crippen molar-refractivity contribution < 1.29 is 4.39 Å². The van der Waals surface area contributed by atoms with E-state index < -0.39 is 5.97 Å². The summed E-state index contributed by atoms with van der Waals surface area (Å²) < 4.78 is 17.3. The van der Waals surface area contributed by atoms with Gasteiger partial charge in [0, 0.05) is 18.8 Å². The number of allylic oxidation sites excluding steroid dienone is 3. The molecule has 0 radical (unpaired) electrons. The van der Waals surface area contributed by atoms with Crippen molar-refractivity contribution in [1.29, 1.82) is 5.41 Å². The summed E-state index contributed by atoms with van der Waals surface area (Å²) in [6, 6.07) is 7.84. The first kappa shape index (κ1) is 24.5. The number of fused-ring (bicyclic) bond motifs is 3. The second-order valence-electron chi connectivity index (χ2n) is 9.68. The third-order valence-corrected chi connectivity index (χ3v) is 7.88. The van der Waals surface area contributed by atoms with Crippen LogP contribution in [-0.4, -0.2) is 26.4 Å². The van der Waals surface area contributed by atoms with Crippen LogP contribution in [-0.2, 0) is 13.6 Å². The fourth-order valence-corrected chi connectivity index (χ4v) is 6.01. The van der Waals surface area contributed by atoms with Crippen molar-refractivity contribution in [1.82, 2.24) is 14.5 Å². The Labute approximate surface area is 213 Å². The number of aromatic nitrogens is 2. The van der Waals surface area contributed by atoms with Crippen LogP contribution >= 0.6 is 11.8 Å². The highest BCUT2D eigenvalue weighted by Crippen LogP contribution is 2.32. The van der Waals surface area contributed by atoms with E-state index in [4.69, 9.17) is 10.4 Å². The summed E-state index contributed by atoms with van der Waals surface area (Å²) in [5.74, 6) is -0.489. The molecule has 1 fully saturated rings. The molecule has 0 spiro atoms. The van der Waals surface area contributed by atoms with Crippen molar-refractivity contribution in [3.8, 4) is 0 Å². The van der Waals surface area contributed by atoms with Crippen LogP contribution in [0.1, 0.15) is 56.3 Å². The molecule has 1 unspecified atom stereocenters. The van der Waals surface area contributed by atoms with Crippen LogP contribution in [0.4, 0.5) is 4.39 Å². The maximum atomic E-state index is 13.7. The largest absolute Gasteiger partial charge is 0.375 e. The minimum absolute atomic E-state index is 0.164. The summed E-state index contributed by atoms with van der Waals surface area (Å²) in [5.41, 5.74) is 2.57.